The molecule has 0 radical (unpaired) electrons. The van der Waals surface area contributed by atoms with E-state index in [0.29, 0.717) is 5.69 Å². The van der Waals surface area contributed by atoms with Crippen molar-refractivity contribution in [1.82, 2.24) is 25.3 Å². The fraction of sp³-hybridized carbons (Fsp3) is 0.250. The molecule has 0 bridgehead atoms. The number of thiazole rings is 1. The molecule has 0 saturated heterocycles. The standard InChI is InChI=1S/C24H24FN5OS/c1-15(2)23-22(24(31)27-14-19-16(25)8-7-13-26-19)30-21(32-23)12-6-5-11-20-28-17-9-3-4-10-18(17)29-20/h3-4,7-10,13H,1,5-6,11-12,14H2,2H3,(H,27,31)(H,28,29). The average molecular weight is 450 g/mol. The zero-order valence-corrected chi connectivity index (χ0v) is 18.6. The Bertz CT molecular complexity index is 1230. The molecule has 0 unspecified atom stereocenters. The van der Waals surface area contributed by atoms with E-state index in [9.17, 15) is 9.18 Å². The van der Waals surface area contributed by atoms with Gasteiger partial charge in [-0.25, -0.2) is 14.4 Å². The number of carbonyl (C=O) groups is 1. The van der Waals surface area contributed by atoms with Gasteiger partial charge in [-0.3, -0.25) is 9.78 Å². The van der Waals surface area contributed by atoms with E-state index in [1.54, 1.807) is 0 Å². The Morgan fingerprint density at radius 1 is 1.16 bits per heavy atom. The summed E-state index contributed by atoms with van der Waals surface area (Å²) in [6, 6.07) is 10.8. The summed E-state index contributed by atoms with van der Waals surface area (Å²) in [6.07, 6.45) is 5.02. The van der Waals surface area contributed by atoms with E-state index in [1.165, 1.54) is 29.7 Å². The maximum atomic E-state index is 13.8. The number of H-pyrrole nitrogens is 1. The number of nitrogens with one attached hydrogen (secondary N) is 2. The molecule has 0 aliphatic heterocycles. The highest BCUT2D eigenvalue weighted by molar-refractivity contribution is 7.13. The number of aromatic nitrogens is 4. The van der Waals surface area contributed by atoms with Gasteiger partial charge >= 0.3 is 0 Å². The number of hydrogen-bond donors (Lipinski definition) is 2. The Kier molecular flexibility index (Phi) is 6.70. The number of aromatic amines is 1. The van der Waals surface area contributed by atoms with E-state index in [1.807, 2.05) is 31.2 Å². The van der Waals surface area contributed by atoms with Gasteiger partial charge in [0.2, 0.25) is 0 Å². The summed E-state index contributed by atoms with van der Waals surface area (Å²) in [4.78, 5) is 29.9. The van der Waals surface area contributed by atoms with Crippen molar-refractivity contribution >= 4 is 33.9 Å². The van der Waals surface area contributed by atoms with Gasteiger partial charge in [-0.05, 0) is 56.0 Å². The van der Waals surface area contributed by atoms with Crippen molar-refractivity contribution in [1.29, 1.82) is 0 Å². The number of fused-ring (bicyclic) bond motifs is 1. The molecule has 0 spiro atoms. The molecular weight excluding hydrogens is 425 g/mol. The van der Waals surface area contributed by atoms with Gasteiger partial charge in [0.05, 0.1) is 33.2 Å². The molecule has 4 rings (SSSR count). The van der Waals surface area contributed by atoms with Gasteiger partial charge in [0.25, 0.3) is 5.91 Å². The van der Waals surface area contributed by atoms with E-state index in [0.717, 1.165) is 58.0 Å². The SMILES string of the molecule is C=C(C)c1sc(CCCCc2nc3ccccc3[nH]2)nc1C(=O)NCc1ncccc1F. The topological polar surface area (TPSA) is 83.6 Å². The Labute approximate surface area is 189 Å². The molecule has 32 heavy (non-hydrogen) atoms. The second kappa shape index (κ2) is 9.82. The van der Waals surface area contributed by atoms with Crippen LogP contribution in [-0.2, 0) is 19.4 Å². The molecule has 3 heterocycles. The van der Waals surface area contributed by atoms with Gasteiger partial charge in [-0.15, -0.1) is 11.3 Å². The van der Waals surface area contributed by atoms with E-state index < -0.39 is 5.82 Å². The number of pyridine rings is 1. The predicted octanol–water partition coefficient (Wildman–Crippen LogP) is 5.08. The van der Waals surface area contributed by atoms with Crippen molar-refractivity contribution in [3.8, 4) is 0 Å². The summed E-state index contributed by atoms with van der Waals surface area (Å²) in [6.45, 7) is 5.84. The quantitative estimate of drug-likeness (QED) is 0.349. The summed E-state index contributed by atoms with van der Waals surface area (Å²) < 4.78 is 13.8. The largest absolute Gasteiger partial charge is 0.345 e. The smallest absolute Gasteiger partial charge is 0.271 e. The number of rotatable bonds is 9. The van der Waals surface area contributed by atoms with Gasteiger partial charge in [-0.1, -0.05) is 18.7 Å². The van der Waals surface area contributed by atoms with Crippen molar-refractivity contribution in [3.05, 3.63) is 82.1 Å². The lowest BCUT2D eigenvalue weighted by Crippen LogP contribution is -2.25. The van der Waals surface area contributed by atoms with Gasteiger partial charge in [-0.2, -0.15) is 0 Å². The fourth-order valence-electron chi connectivity index (χ4n) is 3.40. The molecule has 1 amide bonds. The minimum Gasteiger partial charge on any atom is -0.345 e. The number of para-hydroxylation sites is 2. The summed E-state index contributed by atoms with van der Waals surface area (Å²) in [5, 5.41) is 3.61. The molecule has 164 valence electrons. The molecule has 0 saturated carbocycles. The van der Waals surface area contributed by atoms with Crippen molar-refractivity contribution in [2.45, 2.75) is 39.2 Å². The lowest BCUT2D eigenvalue weighted by Gasteiger charge is -2.05. The monoisotopic (exact) mass is 449 g/mol. The zero-order chi connectivity index (χ0) is 22.5. The zero-order valence-electron chi connectivity index (χ0n) is 17.8. The van der Waals surface area contributed by atoms with Crippen LogP contribution in [0.3, 0.4) is 0 Å². The van der Waals surface area contributed by atoms with Gasteiger partial charge in [0.1, 0.15) is 17.3 Å². The Morgan fingerprint density at radius 3 is 2.75 bits per heavy atom. The fourth-order valence-corrected chi connectivity index (χ4v) is 4.43. The molecule has 0 atom stereocenters. The number of benzene rings is 1. The van der Waals surface area contributed by atoms with Crippen LogP contribution >= 0.6 is 11.3 Å². The van der Waals surface area contributed by atoms with Crippen molar-refractivity contribution in [3.63, 3.8) is 0 Å². The van der Waals surface area contributed by atoms with E-state index in [2.05, 4.69) is 31.8 Å². The second-order valence-electron chi connectivity index (χ2n) is 7.59. The van der Waals surface area contributed by atoms with Crippen molar-refractivity contribution in [2.24, 2.45) is 0 Å². The highest BCUT2D eigenvalue weighted by Crippen LogP contribution is 2.26. The first-order valence-electron chi connectivity index (χ1n) is 10.5. The van der Waals surface area contributed by atoms with Gasteiger partial charge < -0.3 is 10.3 Å². The third kappa shape index (κ3) is 5.08. The normalized spacial score (nSPS) is 11.1. The Balaban J connectivity index is 1.35. The number of nitrogens with zero attached hydrogens (tertiary/aromatic N) is 3. The molecule has 1 aromatic carbocycles. The number of carbonyl (C=O) groups excluding carboxylic acids is 1. The summed E-state index contributed by atoms with van der Waals surface area (Å²) in [5.41, 5.74) is 3.35. The number of hydrogen-bond acceptors (Lipinski definition) is 5. The average Bonchev–Trinajstić information content (AvgIpc) is 3.40. The van der Waals surface area contributed by atoms with Gasteiger partial charge in [0.15, 0.2) is 0 Å². The first-order chi connectivity index (χ1) is 15.5. The van der Waals surface area contributed by atoms with E-state index >= 15 is 0 Å². The predicted molar refractivity (Wildman–Crippen MR) is 125 cm³/mol. The maximum Gasteiger partial charge on any atom is 0.271 e. The minimum atomic E-state index is -0.448. The van der Waals surface area contributed by atoms with Crippen LogP contribution in [0.4, 0.5) is 4.39 Å². The number of imidazole rings is 1. The van der Waals surface area contributed by atoms with Crippen molar-refractivity contribution in [2.75, 3.05) is 0 Å². The lowest BCUT2D eigenvalue weighted by atomic mass is 10.2. The van der Waals surface area contributed by atoms with Crippen LogP contribution in [-0.4, -0.2) is 25.8 Å². The first-order valence-corrected chi connectivity index (χ1v) is 11.3. The number of aryl methyl sites for hydroxylation is 2. The first kappa shape index (κ1) is 21.8. The summed E-state index contributed by atoms with van der Waals surface area (Å²) in [5.74, 6) is 0.184. The van der Waals surface area contributed by atoms with Crippen LogP contribution in [0.25, 0.3) is 16.6 Å². The highest BCUT2D eigenvalue weighted by atomic mass is 32.1. The summed E-state index contributed by atoms with van der Waals surface area (Å²) >= 11 is 1.49. The third-order valence-electron chi connectivity index (χ3n) is 5.02. The van der Waals surface area contributed by atoms with Crippen molar-refractivity contribution < 1.29 is 9.18 Å². The molecule has 4 aromatic rings. The van der Waals surface area contributed by atoms with Crippen LogP contribution < -0.4 is 5.32 Å². The second-order valence-corrected chi connectivity index (χ2v) is 8.67. The number of amides is 1. The minimum absolute atomic E-state index is 0.00545. The van der Waals surface area contributed by atoms with E-state index in [4.69, 9.17) is 0 Å². The van der Waals surface area contributed by atoms with E-state index in [-0.39, 0.29) is 18.1 Å². The third-order valence-corrected chi connectivity index (χ3v) is 6.29. The number of unbranched alkanes of at least 4 members (excludes halogenated alkanes) is 1. The molecule has 0 aliphatic carbocycles. The van der Waals surface area contributed by atoms with Crippen LogP contribution in [0.2, 0.25) is 0 Å². The summed E-state index contributed by atoms with van der Waals surface area (Å²) in [7, 11) is 0. The molecule has 6 nitrogen and oxygen atoms in total. The Hall–Kier alpha value is -3.39. The van der Waals surface area contributed by atoms with Gasteiger partial charge in [0, 0.05) is 12.6 Å². The maximum absolute atomic E-state index is 13.8. The van der Waals surface area contributed by atoms with Crippen LogP contribution in [0.5, 0.6) is 0 Å². The molecular formula is C24H24FN5OS. The highest BCUT2D eigenvalue weighted by Gasteiger charge is 2.19. The van der Waals surface area contributed by atoms with Crippen LogP contribution in [0.15, 0.2) is 49.2 Å². The molecule has 8 heteroatoms. The number of allylic oxidation sites excluding steroid dienone is 1. The number of halogens is 1. The molecule has 0 fully saturated rings. The van der Waals surface area contributed by atoms with Crippen LogP contribution in [0.1, 0.15) is 51.7 Å². The molecule has 0 aliphatic rings. The lowest BCUT2D eigenvalue weighted by molar-refractivity contribution is 0.0945. The Morgan fingerprint density at radius 2 is 1.97 bits per heavy atom. The molecule has 2 N–H and O–H groups in total. The molecule has 3 aromatic heterocycles. The van der Waals surface area contributed by atoms with Crippen LogP contribution in [0, 0.1) is 5.82 Å².